The summed E-state index contributed by atoms with van der Waals surface area (Å²) in [4.78, 5) is 0. The minimum atomic E-state index is -1.14. The third-order valence-corrected chi connectivity index (χ3v) is 8.40. The van der Waals surface area contributed by atoms with Crippen molar-refractivity contribution in [3.8, 4) is 17.2 Å². The molecule has 0 fully saturated rings. The van der Waals surface area contributed by atoms with Crippen molar-refractivity contribution in [3.05, 3.63) is 71.3 Å². The monoisotopic (exact) mass is 450 g/mol. The summed E-state index contributed by atoms with van der Waals surface area (Å²) in [5, 5.41) is 14.8. The first-order valence-electron chi connectivity index (χ1n) is 11.3. The van der Waals surface area contributed by atoms with Gasteiger partial charge >= 0.3 is 0 Å². The molecule has 4 heteroatoms. The molecule has 0 aliphatic carbocycles. The maximum Gasteiger partial charge on any atom is 0.127 e. The van der Waals surface area contributed by atoms with Gasteiger partial charge in [-0.05, 0) is 69.9 Å². The molecule has 3 aromatic rings. The Kier molecular flexibility index (Phi) is 7.51. The third-order valence-electron chi connectivity index (χ3n) is 5.51. The number of aryl methyl sites for hydroxylation is 2. The third kappa shape index (κ3) is 4.79. The predicted molar refractivity (Wildman–Crippen MR) is 137 cm³/mol. The second kappa shape index (κ2) is 9.96. The highest BCUT2D eigenvalue weighted by Crippen LogP contribution is 2.45. The average molecular weight is 451 g/mol. The SMILES string of the molecule is CCOc1cccc(C)c1P(c1cccc(C(C)(C)C)c1O)c1c(C)cccc1OCC. The Bertz CT molecular complexity index is 1030. The van der Waals surface area contributed by atoms with Gasteiger partial charge in [0.25, 0.3) is 0 Å². The minimum Gasteiger partial charge on any atom is -0.507 e. The van der Waals surface area contributed by atoms with E-state index in [-0.39, 0.29) is 5.41 Å². The average Bonchev–Trinajstić information content (AvgIpc) is 2.72. The van der Waals surface area contributed by atoms with Gasteiger partial charge in [-0.1, -0.05) is 63.2 Å². The number of ether oxygens (including phenoxy) is 2. The van der Waals surface area contributed by atoms with Crippen molar-refractivity contribution in [1.29, 1.82) is 0 Å². The molecule has 3 nitrogen and oxygen atoms in total. The van der Waals surface area contributed by atoms with E-state index in [9.17, 15) is 5.11 Å². The van der Waals surface area contributed by atoms with E-state index < -0.39 is 7.92 Å². The molecule has 0 radical (unpaired) electrons. The van der Waals surface area contributed by atoms with Crippen molar-refractivity contribution in [1.82, 2.24) is 0 Å². The van der Waals surface area contributed by atoms with E-state index >= 15 is 0 Å². The standard InChI is InChI=1S/C28H35O3P/c1-8-30-22-16-10-13-19(3)26(22)32(27-20(4)14-11-17-23(27)31-9-2)24-18-12-15-21(25(24)29)28(5,6)7/h10-18,29H,8-9H2,1-7H3. The molecule has 0 atom stereocenters. The van der Waals surface area contributed by atoms with Gasteiger partial charge in [0, 0.05) is 15.9 Å². The van der Waals surface area contributed by atoms with Gasteiger partial charge in [0.05, 0.1) is 13.2 Å². The van der Waals surface area contributed by atoms with Crippen LogP contribution >= 0.6 is 7.92 Å². The summed E-state index contributed by atoms with van der Waals surface area (Å²) in [6.45, 7) is 15.8. The lowest BCUT2D eigenvalue weighted by Crippen LogP contribution is -2.28. The van der Waals surface area contributed by atoms with Crippen LogP contribution in [-0.4, -0.2) is 18.3 Å². The minimum absolute atomic E-state index is 0.177. The van der Waals surface area contributed by atoms with Crippen molar-refractivity contribution in [2.75, 3.05) is 13.2 Å². The first-order valence-corrected chi connectivity index (χ1v) is 12.6. The van der Waals surface area contributed by atoms with Crippen molar-refractivity contribution in [2.45, 2.75) is 53.9 Å². The molecular formula is C28H35O3P. The van der Waals surface area contributed by atoms with Crippen LogP contribution in [0.4, 0.5) is 0 Å². The fourth-order valence-electron chi connectivity index (χ4n) is 4.05. The van der Waals surface area contributed by atoms with E-state index in [0.29, 0.717) is 19.0 Å². The highest BCUT2D eigenvalue weighted by atomic mass is 31.1. The first-order chi connectivity index (χ1) is 15.2. The van der Waals surface area contributed by atoms with Crippen LogP contribution in [0.1, 0.15) is 51.3 Å². The van der Waals surface area contributed by atoms with Crippen molar-refractivity contribution in [2.24, 2.45) is 0 Å². The molecule has 0 heterocycles. The van der Waals surface area contributed by atoms with Crippen LogP contribution in [0.25, 0.3) is 0 Å². The van der Waals surface area contributed by atoms with Crippen LogP contribution < -0.4 is 25.4 Å². The number of aromatic hydroxyl groups is 1. The largest absolute Gasteiger partial charge is 0.507 e. The van der Waals surface area contributed by atoms with E-state index in [1.807, 2.05) is 44.2 Å². The molecule has 0 bridgehead atoms. The second-order valence-electron chi connectivity index (χ2n) is 8.97. The van der Waals surface area contributed by atoms with Crippen LogP contribution in [0, 0.1) is 13.8 Å². The normalized spacial score (nSPS) is 11.6. The molecule has 170 valence electrons. The summed E-state index contributed by atoms with van der Waals surface area (Å²) in [5.41, 5.74) is 3.06. The molecule has 0 aromatic heterocycles. The van der Waals surface area contributed by atoms with E-state index in [4.69, 9.17) is 9.47 Å². The zero-order valence-electron chi connectivity index (χ0n) is 20.3. The molecule has 0 aliphatic heterocycles. The van der Waals surface area contributed by atoms with E-state index in [1.165, 1.54) is 0 Å². The number of hydrogen-bond donors (Lipinski definition) is 1. The van der Waals surface area contributed by atoms with E-state index in [0.717, 1.165) is 44.1 Å². The highest BCUT2D eigenvalue weighted by Gasteiger charge is 2.31. The molecule has 32 heavy (non-hydrogen) atoms. The maximum absolute atomic E-state index is 11.6. The predicted octanol–water partition coefficient (Wildman–Crippen LogP) is 5.86. The van der Waals surface area contributed by atoms with Crippen LogP contribution in [0.3, 0.4) is 0 Å². The summed E-state index contributed by atoms with van der Waals surface area (Å²) < 4.78 is 12.2. The molecule has 0 saturated heterocycles. The molecule has 0 saturated carbocycles. The van der Waals surface area contributed by atoms with Gasteiger partial charge in [-0.3, -0.25) is 0 Å². The van der Waals surface area contributed by atoms with E-state index in [1.54, 1.807) is 0 Å². The van der Waals surface area contributed by atoms with Crippen LogP contribution in [0.2, 0.25) is 0 Å². The van der Waals surface area contributed by atoms with Crippen molar-refractivity contribution >= 4 is 23.8 Å². The van der Waals surface area contributed by atoms with Crippen LogP contribution in [-0.2, 0) is 5.41 Å². The molecule has 1 N–H and O–H groups in total. The zero-order chi connectivity index (χ0) is 23.5. The van der Waals surface area contributed by atoms with Gasteiger partial charge in [0.15, 0.2) is 0 Å². The van der Waals surface area contributed by atoms with Gasteiger partial charge in [-0.25, -0.2) is 0 Å². The topological polar surface area (TPSA) is 38.7 Å². The lowest BCUT2D eigenvalue weighted by Gasteiger charge is -2.29. The van der Waals surface area contributed by atoms with Gasteiger partial charge in [-0.15, -0.1) is 0 Å². The number of hydrogen-bond acceptors (Lipinski definition) is 3. The Labute approximate surface area is 194 Å². The smallest absolute Gasteiger partial charge is 0.127 e. The van der Waals surface area contributed by atoms with Gasteiger partial charge < -0.3 is 14.6 Å². The Morgan fingerprint density at radius 2 is 1.22 bits per heavy atom. The van der Waals surface area contributed by atoms with Crippen molar-refractivity contribution < 1.29 is 14.6 Å². The molecule has 3 aromatic carbocycles. The first kappa shape index (κ1) is 24.1. The van der Waals surface area contributed by atoms with Gasteiger partial charge in [0.2, 0.25) is 0 Å². The maximum atomic E-state index is 11.6. The number of benzene rings is 3. The van der Waals surface area contributed by atoms with Crippen molar-refractivity contribution in [3.63, 3.8) is 0 Å². The Hall–Kier alpha value is -2.51. The molecular weight excluding hydrogens is 415 g/mol. The second-order valence-corrected chi connectivity index (χ2v) is 11.0. The molecule has 3 rings (SSSR count). The van der Waals surface area contributed by atoms with Crippen LogP contribution in [0.15, 0.2) is 54.6 Å². The quantitative estimate of drug-likeness (QED) is 0.458. The Balaban J connectivity index is 2.43. The number of para-hydroxylation sites is 1. The summed E-state index contributed by atoms with van der Waals surface area (Å²) in [6, 6.07) is 18.5. The number of phenols is 1. The summed E-state index contributed by atoms with van der Waals surface area (Å²) in [6.07, 6.45) is 0. The van der Waals surface area contributed by atoms with Gasteiger partial charge in [-0.2, -0.15) is 0 Å². The van der Waals surface area contributed by atoms with Crippen LogP contribution in [0.5, 0.6) is 17.2 Å². The Morgan fingerprint density at radius 1 is 0.750 bits per heavy atom. The molecule has 0 amide bonds. The highest BCUT2D eigenvalue weighted by molar-refractivity contribution is 7.80. The number of phenolic OH excluding ortho intramolecular Hbond substituents is 1. The number of rotatable bonds is 7. The fourth-order valence-corrected chi connectivity index (χ4v) is 6.90. The van der Waals surface area contributed by atoms with Gasteiger partial charge in [0.1, 0.15) is 17.2 Å². The summed E-state index contributed by atoms with van der Waals surface area (Å²) in [7, 11) is -1.14. The molecule has 0 spiro atoms. The lowest BCUT2D eigenvalue weighted by molar-refractivity contribution is 0.342. The lowest BCUT2D eigenvalue weighted by atomic mass is 9.86. The van der Waals surface area contributed by atoms with E-state index in [2.05, 4.69) is 58.9 Å². The fraction of sp³-hybridized carbons (Fsp3) is 0.357. The summed E-state index contributed by atoms with van der Waals surface area (Å²) >= 11 is 0. The molecule has 0 unspecified atom stereocenters. The zero-order valence-corrected chi connectivity index (χ0v) is 21.2. The summed E-state index contributed by atoms with van der Waals surface area (Å²) in [5.74, 6) is 2.09. The molecule has 0 aliphatic rings. The Morgan fingerprint density at radius 3 is 1.66 bits per heavy atom.